The van der Waals surface area contributed by atoms with Crippen LogP contribution in [0.25, 0.3) is 0 Å². The maximum Gasteiger partial charge on any atom is 0.419 e. The minimum absolute atomic E-state index is 0.0247. The van der Waals surface area contributed by atoms with Crippen LogP contribution in [0, 0.1) is 0 Å². The Hall–Kier alpha value is -2.97. The van der Waals surface area contributed by atoms with Crippen molar-refractivity contribution in [3.8, 4) is 0 Å². The highest BCUT2D eigenvalue weighted by Crippen LogP contribution is 2.50. The predicted octanol–water partition coefficient (Wildman–Crippen LogP) is 4.77. The van der Waals surface area contributed by atoms with Crippen LogP contribution in [0.15, 0.2) is 42.5 Å². The largest absolute Gasteiger partial charge is 0.419 e. The first-order valence-electron chi connectivity index (χ1n) is 11.4. The van der Waals surface area contributed by atoms with Gasteiger partial charge in [0.2, 0.25) is 11.4 Å². The lowest BCUT2D eigenvalue weighted by Gasteiger charge is -2.38. The molecular weight excluding hydrogens is 540 g/mol. The van der Waals surface area contributed by atoms with Gasteiger partial charge in [-0.3, -0.25) is 14.9 Å². The summed E-state index contributed by atoms with van der Waals surface area (Å²) in [6.07, 6.45) is -11.4. The number of carbonyl (C=O) groups is 2. The van der Waals surface area contributed by atoms with Gasteiger partial charge in [-0.2, -0.15) is 26.3 Å². The molecule has 1 heterocycles. The fraction of sp³-hybridized carbons (Fsp3) is 0.417. The third-order valence-corrected chi connectivity index (χ3v) is 6.75. The summed E-state index contributed by atoms with van der Waals surface area (Å²) >= 11 is -2.10. The van der Waals surface area contributed by atoms with Gasteiger partial charge in [0.05, 0.1) is 5.75 Å². The maximum atomic E-state index is 13.8. The fourth-order valence-electron chi connectivity index (χ4n) is 4.43. The molecule has 0 saturated carbocycles. The second-order valence-corrected chi connectivity index (χ2v) is 9.72. The summed E-state index contributed by atoms with van der Waals surface area (Å²) in [5, 5.41) is 4.06. The maximum absolute atomic E-state index is 13.8. The first kappa shape index (κ1) is 29.6. The minimum atomic E-state index is -5.71. The molecule has 2 aromatic carbocycles. The number of halogens is 6. The van der Waals surface area contributed by atoms with E-state index in [1.807, 2.05) is 0 Å². The molecule has 208 valence electrons. The zero-order chi connectivity index (χ0) is 28.5. The SMILES string of the molecule is CCCNC(c1ccc(NC(=O)C2c3ccc(CS(=O)O)cc3CN2C(C)=O)cc1)(C(F)(F)F)C(F)(F)F. The third kappa shape index (κ3) is 5.71. The summed E-state index contributed by atoms with van der Waals surface area (Å²) in [5.74, 6) is -1.33. The molecule has 0 spiro atoms. The van der Waals surface area contributed by atoms with Gasteiger partial charge in [0.25, 0.3) is 5.91 Å². The predicted molar refractivity (Wildman–Crippen MR) is 127 cm³/mol. The Morgan fingerprint density at radius 2 is 1.66 bits per heavy atom. The topological polar surface area (TPSA) is 98.7 Å². The third-order valence-electron chi connectivity index (χ3n) is 6.17. The second kappa shape index (κ2) is 11.0. The molecule has 2 aromatic rings. The van der Waals surface area contributed by atoms with Gasteiger partial charge >= 0.3 is 12.4 Å². The lowest BCUT2D eigenvalue weighted by molar-refractivity contribution is -0.313. The standard InChI is InChI=1S/C24H25F6N3O4S/c1-3-10-31-22(23(25,26)27,24(28,29)30)17-5-7-18(8-6-17)32-21(35)20-19-9-4-15(13-38(36)37)11-16(19)12-33(20)14(2)34/h4-9,11,20,31H,3,10,12-13H2,1-2H3,(H,32,35)(H,36,37). The average molecular weight is 566 g/mol. The van der Waals surface area contributed by atoms with Crippen molar-refractivity contribution in [2.24, 2.45) is 0 Å². The average Bonchev–Trinajstić information content (AvgIpc) is 3.17. The molecule has 1 aliphatic rings. The number of nitrogens with one attached hydrogen (secondary N) is 2. The molecule has 3 N–H and O–H groups in total. The summed E-state index contributed by atoms with van der Waals surface area (Å²) in [5.41, 5.74) is -3.94. The van der Waals surface area contributed by atoms with Crippen molar-refractivity contribution in [2.75, 3.05) is 11.9 Å². The molecule has 0 bridgehead atoms. The number of hydrogen-bond donors (Lipinski definition) is 3. The fourth-order valence-corrected chi connectivity index (χ4v) is 4.90. The Balaban J connectivity index is 1.91. The molecule has 2 unspecified atom stereocenters. The lowest BCUT2D eigenvalue weighted by atomic mass is 9.87. The first-order chi connectivity index (χ1) is 17.6. The first-order valence-corrected chi connectivity index (χ1v) is 12.7. The Morgan fingerprint density at radius 1 is 1.05 bits per heavy atom. The number of benzene rings is 2. The molecule has 3 rings (SSSR count). The Kier molecular flexibility index (Phi) is 8.58. The van der Waals surface area contributed by atoms with Crippen LogP contribution in [0.4, 0.5) is 32.0 Å². The van der Waals surface area contributed by atoms with Gasteiger partial charge in [-0.05, 0) is 47.4 Å². The summed E-state index contributed by atoms with van der Waals surface area (Å²) in [6.45, 7) is 2.16. The van der Waals surface area contributed by atoms with Gasteiger partial charge in [0, 0.05) is 19.2 Å². The molecule has 0 fully saturated rings. The number of anilines is 1. The van der Waals surface area contributed by atoms with E-state index in [1.165, 1.54) is 30.9 Å². The smallest absolute Gasteiger partial charge is 0.324 e. The summed E-state index contributed by atoms with van der Waals surface area (Å²) in [6, 6.07) is 6.70. The Morgan fingerprint density at radius 3 is 2.16 bits per heavy atom. The monoisotopic (exact) mass is 565 g/mol. The molecule has 0 saturated heterocycles. The Labute approximate surface area is 216 Å². The van der Waals surface area contributed by atoms with E-state index in [1.54, 1.807) is 11.4 Å². The zero-order valence-electron chi connectivity index (χ0n) is 20.2. The van der Waals surface area contributed by atoms with Crippen LogP contribution in [0.5, 0.6) is 0 Å². The van der Waals surface area contributed by atoms with Crippen molar-refractivity contribution in [3.05, 3.63) is 64.7 Å². The number of alkyl halides is 6. The van der Waals surface area contributed by atoms with E-state index in [4.69, 9.17) is 4.55 Å². The van der Waals surface area contributed by atoms with Crippen LogP contribution in [0.1, 0.15) is 48.6 Å². The van der Waals surface area contributed by atoms with Crippen LogP contribution in [0.2, 0.25) is 0 Å². The van der Waals surface area contributed by atoms with Crippen LogP contribution in [0.3, 0.4) is 0 Å². The molecule has 38 heavy (non-hydrogen) atoms. The summed E-state index contributed by atoms with van der Waals surface area (Å²) < 4.78 is 103. The number of rotatable bonds is 8. The van der Waals surface area contributed by atoms with E-state index >= 15 is 0 Å². The number of nitrogens with zero attached hydrogens (tertiary/aromatic N) is 1. The van der Waals surface area contributed by atoms with Crippen molar-refractivity contribution < 1.29 is 44.7 Å². The molecule has 0 aliphatic carbocycles. The molecule has 7 nitrogen and oxygen atoms in total. The van der Waals surface area contributed by atoms with E-state index in [2.05, 4.69) is 5.32 Å². The molecule has 14 heteroatoms. The highest BCUT2D eigenvalue weighted by Gasteiger charge is 2.71. The zero-order valence-corrected chi connectivity index (χ0v) is 21.1. The van der Waals surface area contributed by atoms with Crippen molar-refractivity contribution >= 4 is 28.6 Å². The van der Waals surface area contributed by atoms with Gasteiger partial charge in [-0.15, -0.1) is 0 Å². The number of hydrogen-bond acceptors (Lipinski definition) is 4. The van der Waals surface area contributed by atoms with E-state index < -0.39 is 58.9 Å². The van der Waals surface area contributed by atoms with Crippen molar-refractivity contribution in [1.82, 2.24) is 10.2 Å². The van der Waals surface area contributed by atoms with E-state index in [0.29, 0.717) is 28.8 Å². The highest BCUT2D eigenvalue weighted by molar-refractivity contribution is 7.78. The summed E-state index contributed by atoms with van der Waals surface area (Å²) in [7, 11) is 0. The van der Waals surface area contributed by atoms with Gasteiger partial charge in [-0.25, -0.2) is 4.21 Å². The van der Waals surface area contributed by atoms with Gasteiger partial charge in [0.15, 0.2) is 11.1 Å². The van der Waals surface area contributed by atoms with Gasteiger partial charge in [0.1, 0.15) is 6.04 Å². The van der Waals surface area contributed by atoms with Crippen LogP contribution < -0.4 is 10.6 Å². The molecule has 2 atom stereocenters. The van der Waals surface area contributed by atoms with E-state index in [9.17, 15) is 40.1 Å². The number of carbonyl (C=O) groups excluding carboxylic acids is 2. The van der Waals surface area contributed by atoms with Crippen LogP contribution in [-0.4, -0.2) is 44.4 Å². The highest BCUT2D eigenvalue weighted by atomic mass is 32.2. The number of amides is 2. The van der Waals surface area contributed by atoms with E-state index in [-0.39, 0.29) is 24.4 Å². The quantitative estimate of drug-likeness (QED) is 0.317. The van der Waals surface area contributed by atoms with Crippen LogP contribution in [-0.2, 0) is 38.5 Å². The lowest BCUT2D eigenvalue weighted by Crippen LogP contribution is -2.63. The second-order valence-electron chi connectivity index (χ2n) is 8.79. The molecule has 2 amide bonds. The molecule has 0 radical (unpaired) electrons. The Bertz CT molecular complexity index is 1200. The van der Waals surface area contributed by atoms with Crippen molar-refractivity contribution in [2.45, 2.75) is 56.5 Å². The normalized spacial score (nSPS) is 16.8. The van der Waals surface area contributed by atoms with Crippen molar-refractivity contribution in [1.29, 1.82) is 0 Å². The molecule has 0 aromatic heterocycles. The van der Waals surface area contributed by atoms with Gasteiger partial charge < -0.3 is 14.8 Å². The van der Waals surface area contributed by atoms with Gasteiger partial charge in [-0.1, -0.05) is 37.3 Å². The minimum Gasteiger partial charge on any atom is -0.324 e. The molecule has 1 aliphatic heterocycles. The van der Waals surface area contributed by atoms with Crippen molar-refractivity contribution in [3.63, 3.8) is 0 Å². The molecular formula is C24H25F6N3O4S. The number of fused-ring (bicyclic) bond motifs is 1. The van der Waals surface area contributed by atoms with Crippen LogP contribution >= 0.6 is 0 Å². The van der Waals surface area contributed by atoms with E-state index in [0.717, 1.165) is 12.1 Å². The summed E-state index contributed by atoms with van der Waals surface area (Å²) in [4.78, 5) is 26.6.